The number of aliphatic carboxylic acids is 1. The molecule has 0 saturated carbocycles. The molecule has 17 heavy (non-hydrogen) atoms. The van der Waals surface area contributed by atoms with E-state index in [-0.39, 0.29) is 6.54 Å². The van der Waals surface area contributed by atoms with Crippen molar-refractivity contribution in [3.8, 4) is 0 Å². The predicted molar refractivity (Wildman–Crippen MR) is 63.1 cm³/mol. The van der Waals surface area contributed by atoms with Gasteiger partial charge in [0.25, 0.3) is 0 Å². The SMILES string of the molecule is NC(=O)CNc1nc2c(s1)CCCC2C(=O)O. The molecule has 1 aliphatic carbocycles. The van der Waals surface area contributed by atoms with Crippen molar-refractivity contribution < 1.29 is 14.7 Å². The second-order valence-corrected chi connectivity index (χ2v) is 5.01. The Kier molecular flexibility index (Phi) is 3.28. The van der Waals surface area contributed by atoms with Gasteiger partial charge in [0.05, 0.1) is 12.2 Å². The zero-order valence-corrected chi connectivity index (χ0v) is 9.92. The highest BCUT2D eigenvalue weighted by atomic mass is 32.1. The summed E-state index contributed by atoms with van der Waals surface area (Å²) in [5.41, 5.74) is 5.66. The summed E-state index contributed by atoms with van der Waals surface area (Å²) in [6.45, 7) is 0.0180. The third-order valence-electron chi connectivity index (χ3n) is 2.67. The molecule has 0 radical (unpaired) electrons. The molecule has 0 fully saturated rings. The quantitative estimate of drug-likeness (QED) is 0.728. The van der Waals surface area contributed by atoms with E-state index in [0.717, 1.165) is 17.7 Å². The minimum Gasteiger partial charge on any atom is -0.481 e. The summed E-state index contributed by atoms with van der Waals surface area (Å²) >= 11 is 1.41. The van der Waals surface area contributed by atoms with Gasteiger partial charge >= 0.3 is 5.97 Å². The van der Waals surface area contributed by atoms with E-state index in [4.69, 9.17) is 10.8 Å². The Labute approximate surface area is 102 Å². The highest BCUT2D eigenvalue weighted by Crippen LogP contribution is 2.36. The van der Waals surface area contributed by atoms with E-state index >= 15 is 0 Å². The number of hydrogen-bond donors (Lipinski definition) is 3. The molecule has 4 N–H and O–H groups in total. The number of amides is 1. The first-order valence-corrected chi connectivity index (χ1v) is 6.14. The lowest BCUT2D eigenvalue weighted by atomic mass is 9.91. The van der Waals surface area contributed by atoms with Crippen LogP contribution in [0.25, 0.3) is 0 Å². The van der Waals surface area contributed by atoms with Crippen molar-refractivity contribution >= 4 is 28.3 Å². The van der Waals surface area contributed by atoms with Gasteiger partial charge in [0.2, 0.25) is 5.91 Å². The number of nitrogens with one attached hydrogen (secondary N) is 1. The van der Waals surface area contributed by atoms with Crippen molar-refractivity contribution in [1.29, 1.82) is 0 Å². The van der Waals surface area contributed by atoms with E-state index in [1.54, 1.807) is 0 Å². The lowest BCUT2D eigenvalue weighted by Crippen LogP contribution is -2.21. The Morgan fingerprint density at radius 1 is 1.59 bits per heavy atom. The van der Waals surface area contributed by atoms with E-state index in [9.17, 15) is 9.59 Å². The number of carbonyl (C=O) groups is 2. The summed E-state index contributed by atoms with van der Waals surface area (Å²) in [5, 5.41) is 12.5. The molecule has 2 rings (SSSR count). The average Bonchev–Trinajstić information content (AvgIpc) is 2.68. The molecular weight excluding hydrogens is 242 g/mol. The number of anilines is 1. The van der Waals surface area contributed by atoms with Crippen LogP contribution in [0.5, 0.6) is 0 Å². The highest BCUT2D eigenvalue weighted by Gasteiger charge is 2.29. The maximum atomic E-state index is 11.1. The summed E-state index contributed by atoms with van der Waals surface area (Å²) in [5.74, 6) is -1.82. The van der Waals surface area contributed by atoms with Crippen molar-refractivity contribution in [2.75, 3.05) is 11.9 Å². The number of rotatable bonds is 4. The average molecular weight is 255 g/mol. The van der Waals surface area contributed by atoms with Gasteiger partial charge in [-0.05, 0) is 19.3 Å². The van der Waals surface area contributed by atoms with Crippen LogP contribution in [0, 0.1) is 0 Å². The summed E-state index contributed by atoms with van der Waals surface area (Å²) in [6, 6.07) is 0. The first-order valence-electron chi connectivity index (χ1n) is 5.32. The van der Waals surface area contributed by atoms with Crippen molar-refractivity contribution in [2.24, 2.45) is 5.73 Å². The second-order valence-electron chi connectivity index (χ2n) is 3.93. The highest BCUT2D eigenvalue weighted by molar-refractivity contribution is 7.15. The number of aryl methyl sites for hydroxylation is 1. The number of thiazole rings is 1. The smallest absolute Gasteiger partial charge is 0.312 e. The van der Waals surface area contributed by atoms with Crippen molar-refractivity contribution in [3.63, 3.8) is 0 Å². The van der Waals surface area contributed by atoms with Gasteiger partial charge in [-0.1, -0.05) is 0 Å². The minimum atomic E-state index is -0.835. The fourth-order valence-corrected chi connectivity index (χ4v) is 2.96. The van der Waals surface area contributed by atoms with E-state index in [0.29, 0.717) is 17.2 Å². The molecular formula is C10H13N3O3S. The summed E-state index contributed by atoms with van der Waals surface area (Å²) < 4.78 is 0. The normalized spacial score (nSPS) is 18.5. The van der Waals surface area contributed by atoms with Gasteiger partial charge in [-0.15, -0.1) is 11.3 Å². The van der Waals surface area contributed by atoms with Crippen LogP contribution in [0.4, 0.5) is 5.13 Å². The Morgan fingerprint density at radius 2 is 2.35 bits per heavy atom. The largest absolute Gasteiger partial charge is 0.481 e. The third kappa shape index (κ3) is 2.55. The minimum absolute atomic E-state index is 0.0180. The van der Waals surface area contributed by atoms with Crippen molar-refractivity contribution in [1.82, 2.24) is 4.98 Å². The lowest BCUT2D eigenvalue weighted by Gasteiger charge is -2.16. The van der Waals surface area contributed by atoms with Gasteiger partial charge in [0, 0.05) is 4.88 Å². The van der Waals surface area contributed by atoms with Crippen LogP contribution < -0.4 is 11.1 Å². The van der Waals surface area contributed by atoms with Crippen LogP contribution in [-0.4, -0.2) is 28.5 Å². The fraction of sp³-hybridized carbons (Fsp3) is 0.500. The molecule has 0 aliphatic heterocycles. The van der Waals surface area contributed by atoms with Gasteiger partial charge in [0.1, 0.15) is 5.92 Å². The molecule has 92 valence electrons. The molecule has 1 unspecified atom stereocenters. The van der Waals surface area contributed by atoms with E-state index in [1.165, 1.54) is 11.3 Å². The zero-order chi connectivity index (χ0) is 12.4. The van der Waals surface area contributed by atoms with E-state index < -0.39 is 17.8 Å². The summed E-state index contributed by atoms with van der Waals surface area (Å²) in [7, 11) is 0. The number of fused-ring (bicyclic) bond motifs is 1. The summed E-state index contributed by atoms with van der Waals surface area (Å²) in [4.78, 5) is 26.9. The Morgan fingerprint density at radius 3 is 3.00 bits per heavy atom. The van der Waals surface area contributed by atoms with Gasteiger partial charge in [-0.2, -0.15) is 0 Å². The maximum absolute atomic E-state index is 11.1. The Bertz CT molecular complexity index is 458. The maximum Gasteiger partial charge on any atom is 0.312 e. The number of aromatic nitrogens is 1. The lowest BCUT2D eigenvalue weighted by molar-refractivity contribution is -0.139. The molecule has 0 aromatic carbocycles. The van der Waals surface area contributed by atoms with Crippen molar-refractivity contribution in [2.45, 2.75) is 25.2 Å². The van der Waals surface area contributed by atoms with Gasteiger partial charge in [-0.3, -0.25) is 9.59 Å². The third-order valence-corrected chi connectivity index (χ3v) is 3.75. The molecule has 0 spiro atoms. The molecule has 1 aliphatic rings. The molecule has 1 aromatic heterocycles. The zero-order valence-electron chi connectivity index (χ0n) is 9.10. The van der Waals surface area contributed by atoms with Crippen LogP contribution in [0.15, 0.2) is 0 Å². The molecule has 1 aromatic rings. The van der Waals surface area contributed by atoms with E-state index in [2.05, 4.69) is 10.3 Å². The standard InChI is InChI=1S/C10H13N3O3S/c11-7(14)4-12-10-13-8-5(9(15)16)2-1-3-6(8)17-10/h5H,1-4H2,(H2,11,14)(H,12,13)(H,15,16). The predicted octanol–water partition coefficient (Wildman–Crippen LogP) is 0.545. The first-order chi connectivity index (χ1) is 8.08. The topological polar surface area (TPSA) is 105 Å². The molecule has 1 amide bonds. The molecule has 1 heterocycles. The van der Waals surface area contributed by atoms with Gasteiger partial charge in [-0.25, -0.2) is 4.98 Å². The Hall–Kier alpha value is -1.63. The number of nitrogens with zero attached hydrogens (tertiary/aromatic N) is 1. The molecule has 0 bridgehead atoms. The Balaban J connectivity index is 2.18. The second kappa shape index (κ2) is 4.70. The monoisotopic (exact) mass is 255 g/mol. The summed E-state index contributed by atoms with van der Waals surface area (Å²) in [6.07, 6.45) is 2.35. The van der Waals surface area contributed by atoms with Crippen LogP contribution in [0.3, 0.4) is 0 Å². The number of primary amides is 1. The van der Waals surface area contributed by atoms with Crippen LogP contribution >= 0.6 is 11.3 Å². The first kappa shape index (κ1) is 11.8. The fourth-order valence-electron chi connectivity index (χ4n) is 1.90. The van der Waals surface area contributed by atoms with Gasteiger partial charge < -0.3 is 16.2 Å². The molecule has 0 saturated heterocycles. The number of hydrogen-bond acceptors (Lipinski definition) is 5. The molecule has 1 atom stereocenters. The number of carboxylic acids is 1. The number of carboxylic acid groups (broad SMARTS) is 1. The van der Waals surface area contributed by atoms with E-state index in [1.807, 2.05) is 0 Å². The number of nitrogens with two attached hydrogens (primary N) is 1. The van der Waals surface area contributed by atoms with Gasteiger partial charge in [0.15, 0.2) is 5.13 Å². The van der Waals surface area contributed by atoms with Crippen LogP contribution in [0.1, 0.15) is 29.3 Å². The van der Waals surface area contributed by atoms with Crippen LogP contribution in [-0.2, 0) is 16.0 Å². The molecule has 6 nitrogen and oxygen atoms in total. The number of carbonyl (C=O) groups excluding carboxylic acids is 1. The van der Waals surface area contributed by atoms with Crippen molar-refractivity contribution in [3.05, 3.63) is 10.6 Å². The van der Waals surface area contributed by atoms with Crippen LogP contribution in [0.2, 0.25) is 0 Å². The molecule has 7 heteroatoms.